The minimum Gasteiger partial charge on any atom is -0.334 e. The largest absolute Gasteiger partial charge is 0.334 e. The van der Waals surface area contributed by atoms with E-state index in [-0.39, 0.29) is 5.91 Å². The van der Waals surface area contributed by atoms with E-state index in [0.717, 1.165) is 17.7 Å². The molecule has 2 rings (SSSR count). The topological polar surface area (TPSA) is 33.2 Å². The van der Waals surface area contributed by atoms with Crippen LogP contribution in [0.25, 0.3) is 0 Å². The van der Waals surface area contributed by atoms with Crippen molar-refractivity contribution in [2.24, 2.45) is 0 Å². The van der Waals surface area contributed by atoms with Crippen LogP contribution in [0.5, 0.6) is 0 Å². The van der Waals surface area contributed by atoms with Gasteiger partial charge in [0.15, 0.2) is 0 Å². The van der Waals surface area contributed by atoms with Crippen molar-refractivity contribution >= 4 is 28.8 Å². The lowest BCUT2D eigenvalue weighted by Crippen LogP contribution is -2.39. The number of nitrogens with zero attached hydrogens (tertiary/aromatic N) is 2. The summed E-state index contributed by atoms with van der Waals surface area (Å²) in [5, 5.41) is 0. The fraction of sp³-hybridized carbons (Fsp3) is 0.636. The van der Waals surface area contributed by atoms with Gasteiger partial charge in [0.1, 0.15) is 4.88 Å². The standard InChI is InChI=1S/C11H15ClN2OS/c12-5-6-14(9-3-1-2-4-9)11(15)10-7-13-8-16-10/h7-9H,1-6H2. The van der Waals surface area contributed by atoms with Gasteiger partial charge in [0.2, 0.25) is 0 Å². The number of hydrogen-bond donors (Lipinski definition) is 0. The molecule has 5 heteroatoms. The summed E-state index contributed by atoms with van der Waals surface area (Å²) >= 11 is 7.17. The van der Waals surface area contributed by atoms with Crippen LogP contribution in [0.1, 0.15) is 35.4 Å². The molecule has 0 saturated heterocycles. The molecule has 0 aromatic carbocycles. The summed E-state index contributed by atoms with van der Waals surface area (Å²) in [6, 6.07) is 0.383. The normalized spacial score (nSPS) is 16.6. The van der Waals surface area contributed by atoms with Gasteiger partial charge in [0.05, 0.1) is 11.7 Å². The molecule has 0 radical (unpaired) electrons. The highest BCUT2D eigenvalue weighted by Gasteiger charge is 2.27. The number of aromatic nitrogens is 1. The molecule has 1 fully saturated rings. The molecule has 3 nitrogen and oxygen atoms in total. The number of amides is 1. The summed E-state index contributed by atoms with van der Waals surface area (Å²) in [7, 11) is 0. The van der Waals surface area contributed by atoms with Crippen molar-refractivity contribution in [3.8, 4) is 0 Å². The molecular formula is C11H15ClN2OS. The van der Waals surface area contributed by atoms with Gasteiger partial charge in [0.25, 0.3) is 5.91 Å². The summed E-state index contributed by atoms with van der Waals surface area (Å²) < 4.78 is 0. The van der Waals surface area contributed by atoms with E-state index in [9.17, 15) is 4.79 Å². The van der Waals surface area contributed by atoms with E-state index in [4.69, 9.17) is 11.6 Å². The third-order valence-electron chi connectivity index (χ3n) is 2.99. The molecule has 1 saturated carbocycles. The zero-order chi connectivity index (χ0) is 11.4. The summed E-state index contributed by atoms with van der Waals surface area (Å²) in [4.78, 5) is 18.8. The lowest BCUT2D eigenvalue weighted by atomic mass is 10.2. The Balaban J connectivity index is 2.09. The van der Waals surface area contributed by atoms with Gasteiger partial charge in [0, 0.05) is 18.5 Å². The number of alkyl halides is 1. The maximum Gasteiger partial charge on any atom is 0.265 e. The highest BCUT2D eigenvalue weighted by atomic mass is 35.5. The zero-order valence-electron chi connectivity index (χ0n) is 9.06. The maximum absolute atomic E-state index is 12.2. The van der Waals surface area contributed by atoms with Crippen LogP contribution in [0, 0.1) is 0 Å². The van der Waals surface area contributed by atoms with E-state index in [2.05, 4.69) is 4.98 Å². The highest BCUT2D eigenvalue weighted by Crippen LogP contribution is 2.25. The van der Waals surface area contributed by atoms with Crippen LogP contribution in [0.15, 0.2) is 11.7 Å². The molecule has 1 aliphatic rings. The Morgan fingerprint density at radius 3 is 2.88 bits per heavy atom. The number of halogens is 1. The number of carbonyl (C=O) groups is 1. The van der Waals surface area contributed by atoms with Gasteiger partial charge in [-0.2, -0.15) is 0 Å². The van der Waals surface area contributed by atoms with E-state index < -0.39 is 0 Å². The molecule has 0 unspecified atom stereocenters. The van der Waals surface area contributed by atoms with Crippen LogP contribution in [-0.4, -0.2) is 34.3 Å². The third kappa shape index (κ3) is 2.55. The van der Waals surface area contributed by atoms with Gasteiger partial charge < -0.3 is 4.90 Å². The van der Waals surface area contributed by atoms with Crippen LogP contribution in [0.2, 0.25) is 0 Å². The molecule has 1 amide bonds. The Hall–Kier alpha value is -0.610. The molecule has 1 aromatic heterocycles. The van der Waals surface area contributed by atoms with Crippen LogP contribution >= 0.6 is 22.9 Å². The first-order valence-electron chi connectivity index (χ1n) is 5.58. The van der Waals surface area contributed by atoms with E-state index in [1.165, 1.54) is 24.2 Å². The van der Waals surface area contributed by atoms with Gasteiger partial charge in [-0.15, -0.1) is 22.9 Å². The fourth-order valence-electron chi connectivity index (χ4n) is 2.22. The van der Waals surface area contributed by atoms with E-state index in [1.54, 1.807) is 11.7 Å². The molecule has 1 heterocycles. The molecule has 16 heavy (non-hydrogen) atoms. The maximum atomic E-state index is 12.2. The van der Waals surface area contributed by atoms with Gasteiger partial charge in [-0.3, -0.25) is 9.78 Å². The van der Waals surface area contributed by atoms with Crippen LogP contribution in [0.3, 0.4) is 0 Å². The molecule has 0 bridgehead atoms. The quantitative estimate of drug-likeness (QED) is 0.778. The Labute approximate surface area is 104 Å². The number of thiazole rings is 1. The lowest BCUT2D eigenvalue weighted by Gasteiger charge is -2.27. The Morgan fingerprint density at radius 2 is 2.31 bits per heavy atom. The summed E-state index contributed by atoms with van der Waals surface area (Å²) in [5.41, 5.74) is 1.70. The SMILES string of the molecule is O=C(c1cncs1)N(CCCl)C1CCCC1. The van der Waals surface area contributed by atoms with E-state index >= 15 is 0 Å². The molecule has 0 N–H and O–H groups in total. The van der Waals surface area contributed by atoms with E-state index in [0.29, 0.717) is 18.5 Å². The smallest absolute Gasteiger partial charge is 0.265 e. The second-order valence-electron chi connectivity index (χ2n) is 3.99. The minimum atomic E-state index is 0.0926. The van der Waals surface area contributed by atoms with Crippen molar-refractivity contribution in [3.63, 3.8) is 0 Å². The molecule has 0 atom stereocenters. The van der Waals surface area contributed by atoms with Crippen molar-refractivity contribution in [3.05, 3.63) is 16.6 Å². The summed E-state index contributed by atoms with van der Waals surface area (Å²) in [6.45, 7) is 0.642. The van der Waals surface area contributed by atoms with E-state index in [1.807, 2.05) is 4.90 Å². The van der Waals surface area contributed by atoms with Gasteiger partial charge >= 0.3 is 0 Å². The van der Waals surface area contributed by atoms with Gasteiger partial charge in [-0.1, -0.05) is 12.8 Å². The number of hydrogen-bond acceptors (Lipinski definition) is 3. The molecule has 88 valence electrons. The van der Waals surface area contributed by atoms with Crippen LogP contribution in [-0.2, 0) is 0 Å². The Bertz CT molecular complexity index is 336. The lowest BCUT2D eigenvalue weighted by molar-refractivity contribution is 0.0700. The first-order chi connectivity index (χ1) is 7.83. The first-order valence-corrected chi connectivity index (χ1v) is 6.99. The average molecular weight is 259 g/mol. The van der Waals surface area contributed by atoms with Crippen LogP contribution < -0.4 is 0 Å². The molecule has 0 aliphatic heterocycles. The van der Waals surface area contributed by atoms with Crippen molar-refractivity contribution in [1.82, 2.24) is 9.88 Å². The van der Waals surface area contributed by atoms with Gasteiger partial charge in [-0.25, -0.2) is 0 Å². The van der Waals surface area contributed by atoms with Crippen molar-refractivity contribution in [2.45, 2.75) is 31.7 Å². The monoisotopic (exact) mass is 258 g/mol. The second kappa shape index (κ2) is 5.64. The van der Waals surface area contributed by atoms with Crippen molar-refractivity contribution in [1.29, 1.82) is 0 Å². The molecule has 1 aliphatic carbocycles. The minimum absolute atomic E-state index is 0.0926. The third-order valence-corrected chi connectivity index (χ3v) is 3.92. The number of carbonyl (C=O) groups excluding carboxylic acids is 1. The Kier molecular flexibility index (Phi) is 4.18. The molecular weight excluding hydrogens is 244 g/mol. The van der Waals surface area contributed by atoms with Crippen molar-refractivity contribution < 1.29 is 4.79 Å². The average Bonchev–Trinajstić information content (AvgIpc) is 2.96. The predicted octanol–water partition coefficient (Wildman–Crippen LogP) is 2.77. The number of rotatable bonds is 4. The highest BCUT2D eigenvalue weighted by molar-refractivity contribution is 7.11. The summed E-state index contributed by atoms with van der Waals surface area (Å²) in [5.74, 6) is 0.594. The zero-order valence-corrected chi connectivity index (χ0v) is 10.6. The van der Waals surface area contributed by atoms with Gasteiger partial charge in [-0.05, 0) is 12.8 Å². The first kappa shape index (κ1) is 11.9. The molecule has 1 aromatic rings. The van der Waals surface area contributed by atoms with Crippen LogP contribution in [0.4, 0.5) is 0 Å². The second-order valence-corrected chi connectivity index (χ2v) is 5.26. The molecule has 0 spiro atoms. The predicted molar refractivity (Wildman–Crippen MR) is 66.1 cm³/mol. The fourth-order valence-corrected chi connectivity index (χ4v) is 2.98. The Morgan fingerprint density at radius 1 is 1.56 bits per heavy atom. The summed E-state index contributed by atoms with van der Waals surface area (Å²) in [6.07, 6.45) is 6.31. The van der Waals surface area contributed by atoms with Crippen molar-refractivity contribution in [2.75, 3.05) is 12.4 Å².